The summed E-state index contributed by atoms with van der Waals surface area (Å²) in [5.74, 6) is 0.869. The molecule has 0 aromatic carbocycles. The Hall–Kier alpha value is -0.960. The summed E-state index contributed by atoms with van der Waals surface area (Å²) in [5.41, 5.74) is 1.12. The first-order valence-corrected chi connectivity index (χ1v) is 8.86. The van der Waals surface area contributed by atoms with Crippen LogP contribution in [-0.2, 0) is 6.54 Å². The second kappa shape index (κ2) is 9.88. The van der Waals surface area contributed by atoms with Crippen molar-refractivity contribution in [1.82, 2.24) is 15.3 Å². The maximum absolute atomic E-state index is 4.49. The van der Waals surface area contributed by atoms with Crippen LogP contribution < -0.4 is 5.32 Å². The van der Waals surface area contributed by atoms with Gasteiger partial charge in [0.05, 0.1) is 5.69 Å². The number of nitrogens with zero attached hydrogens (tertiary/aromatic N) is 2. The molecule has 1 aliphatic carbocycles. The normalized spacial score (nSPS) is 19.7. The molecule has 1 fully saturated rings. The third kappa shape index (κ3) is 7.03. The number of nitrogens with one attached hydrogen (secondary N) is 1. The molecule has 0 spiro atoms. The van der Waals surface area contributed by atoms with Gasteiger partial charge in [-0.1, -0.05) is 57.8 Å². The van der Waals surface area contributed by atoms with Gasteiger partial charge in [0.25, 0.3) is 0 Å². The summed E-state index contributed by atoms with van der Waals surface area (Å²) >= 11 is 0. The Morgan fingerprint density at radius 1 is 0.952 bits per heavy atom. The molecule has 0 amide bonds. The molecule has 0 unspecified atom stereocenters. The lowest BCUT2D eigenvalue weighted by atomic mass is 9.98. The molecule has 1 aromatic heterocycles. The third-order valence-electron chi connectivity index (χ3n) is 4.51. The highest BCUT2D eigenvalue weighted by Crippen LogP contribution is 2.17. The molecule has 2 rings (SSSR count). The number of hydrogen-bond donors (Lipinski definition) is 1. The van der Waals surface area contributed by atoms with E-state index in [4.69, 9.17) is 0 Å². The molecule has 0 aliphatic heterocycles. The Bertz CT molecular complexity index is 380. The molecule has 1 saturated carbocycles. The van der Waals surface area contributed by atoms with Crippen LogP contribution in [0.1, 0.15) is 82.1 Å². The van der Waals surface area contributed by atoms with Crippen molar-refractivity contribution in [3.05, 3.63) is 23.8 Å². The van der Waals surface area contributed by atoms with Crippen LogP contribution in [0.4, 0.5) is 0 Å². The van der Waals surface area contributed by atoms with Gasteiger partial charge in [-0.2, -0.15) is 0 Å². The fourth-order valence-corrected chi connectivity index (χ4v) is 3.22. The Balaban J connectivity index is 1.77. The van der Waals surface area contributed by atoms with Crippen molar-refractivity contribution in [3.8, 4) is 0 Å². The van der Waals surface area contributed by atoms with E-state index in [0.29, 0.717) is 6.04 Å². The van der Waals surface area contributed by atoms with Crippen molar-refractivity contribution in [2.24, 2.45) is 0 Å². The monoisotopic (exact) mass is 289 g/mol. The Morgan fingerprint density at radius 3 is 2.10 bits per heavy atom. The maximum Gasteiger partial charge on any atom is 0.125 e. The standard InChI is InChI=1S/C18H31N3/c1-16-19-14-13-18(21-16)15-20-17-11-9-7-5-3-2-4-6-8-10-12-17/h13-14,17,20H,2-12,15H2,1H3. The SMILES string of the molecule is Cc1nccc(CNC2CCCCCCCCCCC2)n1. The lowest BCUT2D eigenvalue weighted by Gasteiger charge is -2.19. The van der Waals surface area contributed by atoms with E-state index in [1.807, 2.05) is 19.2 Å². The minimum atomic E-state index is 0.666. The van der Waals surface area contributed by atoms with Crippen LogP contribution in [0.2, 0.25) is 0 Å². The summed E-state index contributed by atoms with van der Waals surface area (Å²) in [4.78, 5) is 8.65. The van der Waals surface area contributed by atoms with E-state index in [0.717, 1.165) is 18.1 Å². The zero-order valence-corrected chi connectivity index (χ0v) is 13.6. The minimum absolute atomic E-state index is 0.666. The molecule has 1 N–H and O–H groups in total. The Morgan fingerprint density at radius 2 is 1.52 bits per heavy atom. The molecule has 0 saturated heterocycles. The zero-order valence-electron chi connectivity index (χ0n) is 13.6. The lowest BCUT2D eigenvalue weighted by molar-refractivity contribution is 0.401. The van der Waals surface area contributed by atoms with Gasteiger partial charge in [-0.05, 0) is 25.8 Å². The maximum atomic E-state index is 4.49. The molecule has 1 aliphatic rings. The van der Waals surface area contributed by atoms with E-state index in [1.165, 1.54) is 70.6 Å². The van der Waals surface area contributed by atoms with Gasteiger partial charge >= 0.3 is 0 Å². The summed E-state index contributed by atoms with van der Waals surface area (Å²) in [6, 6.07) is 2.69. The quantitative estimate of drug-likeness (QED) is 0.887. The second-order valence-corrected chi connectivity index (χ2v) is 6.43. The first kappa shape index (κ1) is 16.4. The van der Waals surface area contributed by atoms with Gasteiger partial charge in [-0.3, -0.25) is 0 Å². The average Bonchev–Trinajstić information content (AvgIpc) is 2.47. The summed E-state index contributed by atoms with van der Waals surface area (Å²) < 4.78 is 0. The second-order valence-electron chi connectivity index (χ2n) is 6.43. The van der Waals surface area contributed by atoms with Gasteiger partial charge in [0.1, 0.15) is 5.82 Å². The van der Waals surface area contributed by atoms with Gasteiger partial charge in [0, 0.05) is 18.8 Å². The third-order valence-corrected chi connectivity index (χ3v) is 4.51. The highest BCUT2D eigenvalue weighted by atomic mass is 14.9. The Kier molecular flexibility index (Phi) is 7.72. The van der Waals surface area contributed by atoms with Crippen LogP contribution in [0.5, 0.6) is 0 Å². The summed E-state index contributed by atoms with van der Waals surface area (Å²) in [6.07, 6.45) is 17.3. The molecule has 0 radical (unpaired) electrons. The first-order chi connectivity index (χ1) is 10.3. The lowest BCUT2D eigenvalue weighted by Crippen LogP contribution is -2.29. The van der Waals surface area contributed by atoms with E-state index in [2.05, 4.69) is 15.3 Å². The number of hydrogen-bond acceptors (Lipinski definition) is 3. The number of rotatable bonds is 3. The van der Waals surface area contributed by atoms with Gasteiger partial charge < -0.3 is 5.32 Å². The topological polar surface area (TPSA) is 37.8 Å². The van der Waals surface area contributed by atoms with Gasteiger partial charge in [-0.15, -0.1) is 0 Å². The molecule has 1 aromatic rings. The zero-order chi connectivity index (χ0) is 14.8. The van der Waals surface area contributed by atoms with Crippen molar-refractivity contribution >= 4 is 0 Å². The fourth-order valence-electron chi connectivity index (χ4n) is 3.22. The van der Waals surface area contributed by atoms with Crippen LogP contribution in [0.3, 0.4) is 0 Å². The largest absolute Gasteiger partial charge is 0.308 e. The molecule has 1 heterocycles. The summed E-state index contributed by atoms with van der Waals surface area (Å²) in [6.45, 7) is 2.84. The van der Waals surface area contributed by atoms with Crippen molar-refractivity contribution < 1.29 is 0 Å². The van der Waals surface area contributed by atoms with Crippen LogP contribution in [0.15, 0.2) is 12.3 Å². The fraction of sp³-hybridized carbons (Fsp3) is 0.778. The Labute approximate surface area is 130 Å². The van der Waals surface area contributed by atoms with Crippen molar-refractivity contribution in [1.29, 1.82) is 0 Å². The smallest absolute Gasteiger partial charge is 0.125 e. The van der Waals surface area contributed by atoms with E-state index in [-0.39, 0.29) is 0 Å². The van der Waals surface area contributed by atoms with Gasteiger partial charge in [0.15, 0.2) is 0 Å². The van der Waals surface area contributed by atoms with Gasteiger partial charge in [0.2, 0.25) is 0 Å². The molecule has 21 heavy (non-hydrogen) atoms. The van der Waals surface area contributed by atoms with Crippen molar-refractivity contribution in [3.63, 3.8) is 0 Å². The highest BCUT2D eigenvalue weighted by Gasteiger charge is 2.09. The van der Waals surface area contributed by atoms with E-state index in [9.17, 15) is 0 Å². The molecular weight excluding hydrogens is 258 g/mol. The van der Waals surface area contributed by atoms with Crippen LogP contribution in [0, 0.1) is 6.92 Å². The van der Waals surface area contributed by atoms with E-state index >= 15 is 0 Å². The first-order valence-electron chi connectivity index (χ1n) is 8.86. The number of aromatic nitrogens is 2. The number of aryl methyl sites for hydroxylation is 1. The van der Waals surface area contributed by atoms with Gasteiger partial charge in [-0.25, -0.2) is 9.97 Å². The predicted molar refractivity (Wildman–Crippen MR) is 88.2 cm³/mol. The molecule has 0 bridgehead atoms. The predicted octanol–water partition coefficient (Wildman–Crippen LogP) is 4.55. The molecule has 0 atom stereocenters. The summed E-state index contributed by atoms with van der Waals surface area (Å²) in [5, 5.41) is 3.73. The van der Waals surface area contributed by atoms with Crippen LogP contribution in [-0.4, -0.2) is 16.0 Å². The molecular formula is C18H31N3. The molecule has 3 nitrogen and oxygen atoms in total. The van der Waals surface area contributed by atoms with Crippen molar-refractivity contribution in [2.75, 3.05) is 0 Å². The molecule has 3 heteroatoms. The molecule has 118 valence electrons. The van der Waals surface area contributed by atoms with E-state index in [1.54, 1.807) is 0 Å². The van der Waals surface area contributed by atoms with Crippen LogP contribution >= 0.6 is 0 Å². The average molecular weight is 289 g/mol. The van der Waals surface area contributed by atoms with Crippen molar-refractivity contribution in [2.45, 2.75) is 90.1 Å². The minimum Gasteiger partial charge on any atom is -0.308 e. The summed E-state index contributed by atoms with van der Waals surface area (Å²) in [7, 11) is 0. The highest BCUT2D eigenvalue weighted by molar-refractivity contribution is 5.01. The van der Waals surface area contributed by atoms with Crippen LogP contribution in [0.25, 0.3) is 0 Å². The van der Waals surface area contributed by atoms with E-state index < -0.39 is 0 Å².